The van der Waals surface area contributed by atoms with Crippen LogP contribution in [0.3, 0.4) is 0 Å². The lowest BCUT2D eigenvalue weighted by molar-refractivity contribution is 0.228. The zero-order chi connectivity index (χ0) is 29.1. The van der Waals surface area contributed by atoms with Crippen molar-refractivity contribution in [2.24, 2.45) is 11.3 Å². The van der Waals surface area contributed by atoms with Crippen molar-refractivity contribution >= 4 is 17.8 Å². The number of aliphatic hydroxyl groups excluding tert-OH is 1. The van der Waals surface area contributed by atoms with E-state index in [9.17, 15) is 14.3 Å². The summed E-state index contributed by atoms with van der Waals surface area (Å²) in [5.74, 6) is -0.0251. The lowest BCUT2D eigenvalue weighted by Crippen LogP contribution is -2.44. The van der Waals surface area contributed by atoms with E-state index in [0.717, 1.165) is 53.9 Å². The third kappa shape index (κ3) is 5.16. The summed E-state index contributed by atoms with van der Waals surface area (Å²) in [5.41, 5.74) is 5.85. The number of anilines is 1. The molecule has 0 radical (unpaired) electrons. The predicted molar refractivity (Wildman–Crippen MR) is 164 cm³/mol. The quantitative estimate of drug-likeness (QED) is 0.219. The second-order valence-electron chi connectivity index (χ2n) is 11.1. The van der Waals surface area contributed by atoms with Crippen molar-refractivity contribution in [3.8, 4) is 5.69 Å². The molecule has 0 spiro atoms. The standard InChI is InChI=1S/C35H35FN4O2/c1-2-35-23-26-24-37-40(31-17-15-29(36)16-18-31)33(26)22-28(35)14-13-27(35)21-32(25-9-5-3-6-10-25)38-34(42)39(19-20-41)30-11-7-4-8-12-30/h2-12,15-18,22,24,27,32,41H,1,13-14,19-21,23H2,(H,38,42)/t27-,32?,35-/m1/s1. The van der Waals surface area contributed by atoms with E-state index in [2.05, 4.69) is 41.3 Å². The van der Waals surface area contributed by atoms with Crippen LogP contribution in [-0.2, 0) is 6.42 Å². The molecule has 3 atom stereocenters. The molecule has 1 unspecified atom stereocenters. The van der Waals surface area contributed by atoms with Gasteiger partial charge in [-0.25, -0.2) is 13.9 Å². The van der Waals surface area contributed by atoms with Gasteiger partial charge in [0.25, 0.3) is 0 Å². The van der Waals surface area contributed by atoms with E-state index in [4.69, 9.17) is 0 Å². The van der Waals surface area contributed by atoms with Crippen molar-refractivity contribution in [1.29, 1.82) is 0 Å². The van der Waals surface area contributed by atoms with Gasteiger partial charge >= 0.3 is 6.03 Å². The molecule has 1 aromatic heterocycles. The Balaban J connectivity index is 1.29. The van der Waals surface area contributed by atoms with Gasteiger partial charge in [0.2, 0.25) is 0 Å². The highest BCUT2D eigenvalue weighted by Gasteiger charge is 2.47. The predicted octanol–water partition coefficient (Wildman–Crippen LogP) is 6.87. The van der Waals surface area contributed by atoms with Gasteiger partial charge in [0.05, 0.1) is 36.8 Å². The van der Waals surface area contributed by atoms with Crippen LogP contribution in [0.15, 0.2) is 109 Å². The zero-order valence-corrected chi connectivity index (χ0v) is 23.5. The molecule has 0 bridgehead atoms. The molecule has 2 N–H and O–H groups in total. The molecule has 0 aliphatic heterocycles. The summed E-state index contributed by atoms with van der Waals surface area (Å²) >= 11 is 0. The maximum absolute atomic E-state index is 13.7. The number of allylic oxidation sites excluding steroid dienone is 2. The molecule has 1 saturated carbocycles. The Morgan fingerprint density at radius 2 is 1.83 bits per heavy atom. The van der Waals surface area contributed by atoms with Crippen LogP contribution in [0.4, 0.5) is 14.9 Å². The lowest BCUT2D eigenvalue weighted by Gasteiger charge is -2.38. The molecule has 2 aliphatic carbocycles. The van der Waals surface area contributed by atoms with Crippen molar-refractivity contribution in [2.75, 3.05) is 18.1 Å². The van der Waals surface area contributed by atoms with Gasteiger partial charge in [-0.2, -0.15) is 5.10 Å². The number of hydrogen-bond acceptors (Lipinski definition) is 3. The molecular formula is C35H35FN4O2. The van der Waals surface area contributed by atoms with Crippen molar-refractivity contribution in [3.05, 3.63) is 132 Å². The van der Waals surface area contributed by atoms with Gasteiger partial charge in [-0.1, -0.05) is 60.2 Å². The highest BCUT2D eigenvalue weighted by molar-refractivity contribution is 5.92. The number of amides is 2. The first-order valence-electron chi connectivity index (χ1n) is 14.5. The number of halogens is 1. The van der Waals surface area contributed by atoms with Gasteiger partial charge in [-0.3, -0.25) is 4.90 Å². The first-order valence-corrected chi connectivity index (χ1v) is 14.5. The monoisotopic (exact) mass is 562 g/mol. The fourth-order valence-electron chi connectivity index (χ4n) is 6.73. The number of benzene rings is 3. The van der Waals surface area contributed by atoms with Crippen LogP contribution < -0.4 is 10.2 Å². The number of aromatic nitrogens is 2. The first kappa shape index (κ1) is 27.7. The van der Waals surface area contributed by atoms with Crippen LogP contribution in [0.25, 0.3) is 11.8 Å². The van der Waals surface area contributed by atoms with Gasteiger partial charge in [0.1, 0.15) is 5.82 Å². The number of carbonyl (C=O) groups excluding carboxylic acids is 1. The molecule has 3 aromatic carbocycles. The van der Waals surface area contributed by atoms with Crippen LogP contribution in [0, 0.1) is 17.2 Å². The minimum Gasteiger partial charge on any atom is -0.395 e. The second kappa shape index (κ2) is 11.8. The topological polar surface area (TPSA) is 70.4 Å². The van der Waals surface area contributed by atoms with E-state index in [1.54, 1.807) is 17.0 Å². The smallest absolute Gasteiger partial charge is 0.322 e. The van der Waals surface area contributed by atoms with Crippen LogP contribution >= 0.6 is 0 Å². The SMILES string of the molecule is C=C[C@]12Cc3cnn(-c4ccc(F)cc4)c3C=C1CC[C@@H]2CC(NC(=O)N(CCO)c1ccccc1)c1ccccc1. The van der Waals surface area contributed by atoms with E-state index in [-0.39, 0.29) is 42.4 Å². The van der Waals surface area contributed by atoms with Crippen molar-refractivity contribution in [1.82, 2.24) is 15.1 Å². The van der Waals surface area contributed by atoms with Crippen molar-refractivity contribution in [2.45, 2.75) is 31.7 Å². The lowest BCUT2D eigenvalue weighted by atomic mass is 9.66. The van der Waals surface area contributed by atoms with E-state index < -0.39 is 0 Å². The molecular weight excluding hydrogens is 527 g/mol. The molecule has 7 heteroatoms. The van der Waals surface area contributed by atoms with E-state index in [1.165, 1.54) is 17.7 Å². The van der Waals surface area contributed by atoms with E-state index in [1.807, 2.05) is 59.4 Å². The fraction of sp³-hybridized carbons (Fsp3) is 0.257. The normalized spacial score (nSPS) is 19.8. The Morgan fingerprint density at radius 1 is 1.12 bits per heavy atom. The average Bonchev–Trinajstić information content (AvgIpc) is 3.60. The Morgan fingerprint density at radius 3 is 2.52 bits per heavy atom. The van der Waals surface area contributed by atoms with E-state index >= 15 is 0 Å². The van der Waals surface area contributed by atoms with Crippen LogP contribution in [0.1, 0.15) is 42.1 Å². The van der Waals surface area contributed by atoms with E-state index in [0.29, 0.717) is 0 Å². The van der Waals surface area contributed by atoms with Crippen LogP contribution in [0.5, 0.6) is 0 Å². The minimum atomic E-state index is -0.272. The Kier molecular flexibility index (Phi) is 7.76. The first-order chi connectivity index (χ1) is 20.5. The number of rotatable bonds is 9. The summed E-state index contributed by atoms with van der Waals surface area (Å²) < 4.78 is 15.4. The number of nitrogens with zero attached hydrogens (tertiary/aromatic N) is 3. The summed E-state index contributed by atoms with van der Waals surface area (Å²) in [4.78, 5) is 15.3. The maximum Gasteiger partial charge on any atom is 0.322 e. The highest BCUT2D eigenvalue weighted by Crippen LogP contribution is 2.56. The van der Waals surface area contributed by atoms with Gasteiger partial charge in [0.15, 0.2) is 0 Å². The van der Waals surface area contributed by atoms with Crippen LogP contribution in [0.2, 0.25) is 0 Å². The summed E-state index contributed by atoms with van der Waals surface area (Å²) in [6.07, 6.45) is 9.68. The molecule has 214 valence electrons. The number of aliphatic hydroxyl groups is 1. The summed E-state index contributed by atoms with van der Waals surface area (Å²) in [6.45, 7) is 4.38. The Hall–Kier alpha value is -4.49. The molecule has 0 saturated heterocycles. The number of urea groups is 1. The average molecular weight is 563 g/mol. The number of nitrogens with one attached hydrogen (secondary N) is 1. The molecule has 6 nitrogen and oxygen atoms in total. The minimum absolute atomic E-state index is 0.136. The molecule has 1 fully saturated rings. The maximum atomic E-state index is 13.7. The molecule has 2 aliphatic rings. The third-order valence-corrected chi connectivity index (χ3v) is 8.86. The van der Waals surface area contributed by atoms with Gasteiger partial charge in [-0.05, 0) is 85.2 Å². The Bertz CT molecular complexity index is 1580. The molecule has 1 heterocycles. The summed E-state index contributed by atoms with van der Waals surface area (Å²) in [6, 6.07) is 25.5. The van der Waals surface area contributed by atoms with Crippen LogP contribution in [-0.4, -0.2) is 34.1 Å². The molecule has 6 rings (SSSR count). The van der Waals surface area contributed by atoms with Gasteiger partial charge in [-0.15, -0.1) is 6.58 Å². The van der Waals surface area contributed by atoms with Gasteiger partial charge < -0.3 is 10.4 Å². The number of hydrogen-bond donors (Lipinski definition) is 2. The highest BCUT2D eigenvalue weighted by atomic mass is 19.1. The summed E-state index contributed by atoms with van der Waals surface area (Å²) in [5, 5.41) is 17.7. The summed E-state index contributed by atoms with van der Waals surface area (Å²) in [7, 11) is 0. The molecule has 2 amide bonds. The number of para-hydroxylation sites is 1. The number of fused-ring (bicyclic) bond motifs is 2. The molecule has 42 heavy (non-hydrogen) atoms. The zero-order valence-electron chi connectivity index (χ0n) is 23.5. The van der Waals surface area contributed by atoms with Gasteiger partial charge in [0, 0.05) is 11.1 Å². The number of carbonyl (C=O) groups is 1. The Labute approximate surface area is 245 Å². The third-order valence-electron chi connectivity index (χ3n) is 8.86. The second-order valence-corrected chi connectivity index (χ2v) is 11.1. The molecule has 4 aromatic rings. The fourth-order valence-corrected chi connectivity index (χ4v) is 6.73. The largest absolute Gasteiger partial charge is 0.395 e. The van der Waals surface area contributed by atoms with Crippen molar-refractivity contribution in [3.63, 3.8) is 0 Å². The van der Waals surface area contributed by atoms with Crippen molar-refractivity contribution < 1.29 is 14.3 Å².